The van der Waals surface area contributed by atoms with Gasteiger partial charge in [0.15, 0.2) is 11.5 Å². The molecule has 2 aliphatic rings. The zero-order chi connectivity index (χ0) is 15.5. The minimum absolute atomic E-state index is 0. The lowest BCUT2D eigenvalue weighted by Gasteiger charge is -2.24. The molecule has 3 rings (SSSR count). The molecule has 1 amide bonds. The van der Waals surface area contributed by atoms with Gasteiger partial charge in [-0.15, -0.1) is 12.4 Å². The zero-order valence-corrected chi connectivity index (χ0v) is 14.7. The number of carbonyl (C=O) groups is 1. The fraction of sp³-hybridized carbons (Fsp3) is 0.588. The molecule has 0 N–H and O–H groups in total. The summed E-state index contributed by atoms with van der Waals surface area (Å²) in [5, 5.41) is 0. The summed E-state index contributed by atoms with van der Waals surface area (Å²) >= 11 is 0. The van der Waals surface area contributed by atoms with Crippen molar-refractivity contribution in [3.8, 4) is 11.5 Å². The predicted molar refractivity (Wildman–Crippen MR) is 91.6 cm³/mol. The van der Waals surface area contributed by atoms with E-state index >= 15 is 0 Å². The monoisotopic (exact) mass is 340 g/mol. The van der Waals surface area contributed by atoms with Crippen LogP contribution in [-0.2, 0) is 17.6 Å². The molecule has 128 valence electrons. The topological polar surface area (TPSA) is 42.0 Å². The first-order chi connectivity index (χ1) is 10.7. The molecular formula is C17H25ClN2O3. The van der Waals surface area contributed by atoms with Crippen LogP contribution in [-0.4, -0.2) is 55.2 Å². The maximum Gasteiger partial charge on any atom is 0.236 e. The minimum atomic E-state index is 0. The predicted octanol–water partition coefficient (Wildman–Crippen LogP) is 2.11. The van der Waals surface area contributed by atoms with Crippen LogP contribution in [0.15, 0.2) is 12.1 Å². The van der Waals surface area contributed by atoms with Gasteiger partial charge in [0.05, 0.1) is 6.54 Å². The van der Waals surface area contributed by atoms with E-state index in [0.29, 0.717) is 13.3 Å². The summed E-state index contributed by atoms with van der Waals surface area (Å²) in [5.74, 6) is 1.93. The van der Waals surface area contributed by atoms with Crippen LogP contribution in [0.1, 0.15) is 25.0 Å². The average Bonchev–Trinajstić information content (AvgIpc) is 2.88. The van der Waals surface area contributed by atoms with E-state index in [1.807, 2.05) is 18.7 Å². The number of amides is 1. The second-order valence-corrected chi connectivity index (χ2v) is 5.82. The van der Waals surface area contributed by atoms with Gasteiger partial charge < -0.3 is 14.4 Å². The summed E-state index contributed by atoms with van der Waals surface area (Å²) < 4.78 is 10.9. The molecule has 0 bridgehead atoms. The molecule has 0 radical (unpaired) electrons. The van der Waals surface area contributed by atoms with Crippen molar-refractivity contribution in [2.24, 2.45) is 0 Å². The molecule has 0 unspecified atom stereocenters. The van der Waals surface area contributed by atoms with Crippen molar-refractivity contribution < 1.29 is 14.3 Å². The van der Waals surface area contributed by atoms with Crippen molar-refractivity contribution in [2.75, 3.05) is 39.5 Å². The van der Waals surface area contributed by atoms with Crippen LogP contribution in [0, 0.1) is 0 Å². The van der Waals surface area contributed by atoms with Gasteiger partial charge in [-0.3, -0.25) is 9.69 Å². The smallest absolute Gasteiger partial charge is 0.236 e. The number of benzene rings is 1. The molecule has 1 aromatic rings. The summed E-state index contributed by atoms with van der Waals surface area (Å²) in [7, 11) is 0. The molecule has 23 heavy (non-hydrogen) atoms. The summed E-state index contributed by atoms with van der Waals surface area (Å²) in [6.45, 7) is 8.29. The Morgan fingerprint density at radius 3 is 2.09 bits per heavy atom. The Kier molecular flexibility index (Phi) is 6.13. The molecule has 0 fully saturated rings. The SMILES string of the molecule is CCN(CC)C(=O)CN1CCc2cc3c(cc2CC1)OCO3.Cl. The lowest BCUT2D eigenvalue weighted by Crippen LogP contribution is -2.41. The standard InChI is InChI=1S/C17H24N2O3.ClH/c1-3-19(4-2)17(20)11-18-7-5-13-9-15-16(22-12-21-15)10-14(13)6-8-18;/h9-10H,3-8,11-12H2,1-2H3;1H. The van der Waals surface area contributed by atoms with E-state index in [0.717, 1.165) is 50.5 Å². The highest BCUT2D eigenvalue weighted by atomic mass is 35.5. The second-order valence-electron chi connectivity index (χ2n) is 5.82. The van der Waals surface area contributed by atoms with E-state index in [1.54, 1.807) is 0 Å². The van der Waals surface area contributed by atoms with Crippen LogP contribution in [0.4, 0.5) is 0 Å². The highest BCUT2D eigenvalue weighted by Gasteiger charge is 2.22. The van der Waals surface area contributed by atoms with E-state index in [-0.39, 0.29) is 18.3 Å². The van der Waals surface area contributed by atoms with E-state index in [9.17, 15) is 4.79 Å². The Morgan fingerprint density at radius 2 is 1.61 bits per heavy atom. The number of hydrogen-bond donors (Lipinski definition) is 0. The maximum atomic E-state index is 12.3. The van der Waals surface area contributed by atoms with Crippen molar-refractivity contribution >= 4 is 18.3 Å². The van der Waals surface area contributed by atoms with E-state index < -0.39 is 0 Å². The summed E-state index contributed by atoms with van der Waals surface area (Å²) in [6, 6.07) is 4.21. The van der Waals surface area contributed by atoms with E-state index in [1.165, 1.54) is 11.1 Å². The van der Waals surface area contributed by atoms with Crippen LogP contribution in [0.2, 0.25) is 0 Å². The average molecular weight is 341 g/mol. The number of fused-ring (bicyclic) bond motifs is 2. The number of nitrogens with zero attached hydrogens (tertiary/aromatic N) is 2. The third-order valence-electron chi connectivity index (χ3n) is 4.56. The number of hydrogen-bond acceptors (Lipinski definition) is 4. The Balaban J connectivity index is 0.00000192. The molecule has 0 aromatic heterocycles. The number of carbonyl (C=O) groups excluding carboxylic acids is 1. The fourth-order valence-electron chi connectivity index (χ4n) is 3.19. The van der Waals surface area contributed by atoms with E-state index in [4.69, 9.17) is 9.47 Å². The molecule has 0 spiro atoms. The van der Waals surface area contributed by atoms with Crippen molar-refractivity contribution in [3.05, 3.63) is 23.3 Å². The Bertz CT molecular complexity index is 526. The first-order valence-corrected chi connectivity index (χ1v) is 8.12. The number of likely N-dealkylation sites (N-methyl/N-ethyl adjacent to an activating group) is 1. The van der Waals surface area contributed by atoms with Crippen molar-refractivity contribution in [1.82, 2.24) is 9.80 Å². The molecular weight excluding hydrogens is 316 g/mol. The van der Waals surface area contributed by atoms with Gasteiger partial charge >= 0.3 is 0 Å². The summed E-state index contributed by atoms with van der Waals surface area (Å²) in [5.41, 5.74) is 2.64. The van der Waals surface area contributed by atoms with Gasteiger partial charge in [0.2, 0.25) is 12.7 Å². The lowest BCUT2D eigenvalue weighted by atomic mass is 10.0. The number of rotatable bonds is 4. The zero-order valence-electron chi connectivity index (χ0n) is 13.8. The normalized spacial score (nSPS) is 16.3. The molecule has 0 aliphatic carbocycles. The summed E-state index contributed by atoms with van der Waals surface area (Å²) in [6.07, 6.45) is 1.91. The second kappa shape index (κ2) is 7.88. The molecule has 0 saturated carbocycles. The molecule has 2 heterocycles. The van der Waals surface area contributed by atoms with Crippen LogP contribution in [0.25, 0.3) is 0 Å². The third-order valence-corrected chi connectivity index (χ3v) is 4.56. The summed E-state index contributed by atoms with van der Waals surface area (Å²) in [4.78, 5) is 16.4. The van der Waals surface area contributed by atoms with Crippen LogP contribution in [0.3, 0.4) is 0 Å². The largest absolute Gasteiger partial charge is 0.454 e. The number of halogens is 1. The van der Waals surface area contributed by atoms with Gasteiger partial charge in [-0.1, -0.05) is 0 Å². The Morgan fingerprint density at radius 1 is 1.09 bits per heavy atom. The van der Waals surface area contributed by atoms with Crippen molar-refractivity contribution in [2.45, 2.75) is 26.7 Å². The maximum absolute atomic E-state index is 12.3. The molecule has 2 aliphatic heterocycles. The van der Waals surface area contributed by atoms with Gasteiger partial charge in [-0.2, -0.15) is 0 Å². The Hall–Kier alpha value is -1.46. The molecule has 0 saturated heterocycles. The highest BCUT2D eigenvalue weighted by molar-refractivity contribution is 5.85. The minimum Gasteiger partial charge on any atom is -0.454 e. The van der Waals surface area contributed by atoms with Crippen LogP contribution >= 0.6 is 12.4 Å². The van der Waals surface area contributed by atoms with Crippen molar-refractivity contribution in [3.63, 3.8) is 0 Å². The molecule has 6 heteroatoms. The van der Waals surface area contributed by atoms with Crippen LogP contribution < -0.4 is 9.47 Å². The first-order valence-electron chi connectivity index (χ1n) is 8.12. The molecule has 0 atom stereocenters. The molecule has 5 nitrogen and oxygen atoms in total. The highest BCUT2D eigenvalue weighted by Crippen LogP contribution is 2.35. The van der Waals surface area contributed by atoms with Gasteiger partial charge in [0.25, 0.3) is 0 Å². The van der Waals surface area contributed by atoms with Gasteiger partial charge in [0.1, 0.15) is 0 Å². The number of ether oxygens (including phenoxy) is 2. The van der Waals surface area contributed by atoms with E-state index in [2.05, 4.69) is 17.0 Å². The molecule has 1 aromatic carbocycles. The quantitative estimate of drug-likeness (QED) is 0.842. The van der Waals surface area contributed by atoms with Crippen molar-refractivity contribution in [1.29, 1.82) is 0 Å². The lowest BCUT2D eigenvalue weighted by molar-refractivity contribution is -0.132. The van der Waals surface area contributed by atoms with Gasteiger partial charge in [0, 0.05) is 26.2 Å². The van der Waals surface area contributed by atoms with Gasteiger partial charge in [-0.05, 0) is 49.9 Å². The first kappa shape index (κ1) is 17.9. The Labute approximate surface area is 143 Å². The fourth-order valence-corrected chi connectivity index (χ4v) is 3.19. The third kappa shape index (κ3) is 3.90. The van der Waals surface area contributed by atoms with Gasteiger partial charge in [-0.25, -0.2) is 0 Å². The van der Waals surface area contributed by atoms with Crippen LogP contribution in [0.5, 0.6) is 11.5 Å².